The maximum Gasteiger partial charge on any atom is 0.230 e. The molecule has 4 nitrogen and oxygen atoms in total. The number of hydrogen-bond acceptors (Lipinski definition) is 4. The van der Waals surface area contributed by atoms with Gasteiger partial charge in [0.05, 0.1) is 17.8 Å². The van der Waals surface area contributed by atoms with Crippen LogP contribution in [-0.4, -0.2) is 15.9 Å². The van der Waals surface area contributed by atoms with Crippen LogP contribution in [0.15, 0.2) is 72.2 Å². The molecule has 0 atom stereocenters. The van der Waals surface area contributed by atoms with Gasteiger partial charge in [-0.05, 0) is 23.6 Å². The molecule has 0 aliphatic carbocycles. The number of nitrogens with one attached hydrogen (secondary N) is 1. The summed E-state index contributed by atoms with van der Waals surface area (Å²) in [5.74, 6) is -0.0748. The topological polar surface area (TPSA) is 54.9 Å². The summed E-state index contributed by atoms with van der Waals surface area (Å²) >= 11 is 1.50. The molecule has 0 aliphatic heterocycles. The molecule has 0 bridgehead atoms. The quantitative estimate of drug-likeness (QED) is 0.591. The van der Waals surface area contributed by atoms with Crippen molar-refractivity contribution in [3.8, 4) is 10.7 Å². The number of rotatable bonds is 4. The molecule has 0 saturated heterocycles. The lowest BCUT2D eigenvalue weighted by Crippen LogP contribution is -2.14. The van der Waals surface area contributed by atoms with Crippen LogP contribution in [-0.2, 0) is 11.2 Å². The third kappa shape index (κ3) is 3.41. The van der Waals surface area contributed by atoms with E-state index in [1.165, 1.54) is 11.3 Å². The van der Waals surface area contributed by atoms with Crippen molar-refractivity contribution in [3.63, 3.8) is 0 Å². The predicted octanol–water partition coefficient (Wildman–Crippen LogP) is 4.54. The summed E-state index contributed by atoms with van der Waals surface area (Å²) in [6.07, 6.45) is 1.98. The monoisotopic (exact) mass is 345 g/mol. The van der Waals surface area contributed by atoms with E-state index in [2.05, 4.69) is 15.3 Å². The minimum atomic E-state index is -0.0748. The van der Waals surface area contributed by atoms with E-state index in [0.29, 0.717) is 0 Å². The van der Waals surface area contributed by atoms with Gasteiger partial charge in [0.15, 0.2) is 0 Å². The van der Waals surface area contributed by atoms with Crippen molar-refractivity contribution in [2.24, 2.45) is 0 Å². The van der Waals surface area contributed by atoms with Crippen LogP contribution in [0.25, 0.3) is 21.5 Å². The third-order valence-electron chi connectivity index (χ3n) is 3.84. The number of nitrogens with zero attached hydrogens (tertiary/aromatic N) is 2. The number of amides is 1. The molecule has 2 aromatic carbocycles. The lowest BCUT2D eigenvalue weighted by atomic mass is 10.1. The number of benzene rings is 2. The highest BCUT2D eigenvalue weighted by Crippen LogP contribution is 2.24. The molecule has 5 heteroatoms. The summed E-state index contributed by atoms with van der Waals surface area (Å²) in [5, 5.41) is 7.87. The first-order valence-electron chi connectivity index (χ1n) is 7.93. The highest BCUT2D eigenvalue weighted by molar-refractivity contribution is 7.13. The van der Waals surface area contributed by atoms with Crippen LogP contribution < -0.4 is 5.32 Å². The molecule has 0 saturated carbocycles. The number of anilines is 1. The van der Waals surface area contributed by atoms with Crippen LogP contribution in [0, 0.1) is 0 Å². The summed E-state index contributed by atoms with van der Waals surface area (Å²) in [6.45, 7) is 0. The van der Waals surface area contributed by atoms with Crippen LogP contribution in [0.1, 0.15) is 5.69 Å². The fourth-order valence-electron chi connectivity index (χ4n) is 2.69. The molecular formula is C20H15N3OS. The van der Waals surface area contributed by atoms with Crippen LogP contribution in [0.5, 0.6) is 0 Å². The summed E-state index contributed by atoms with van der Waals surface area (Å²) in [7, 11) is 0. The summed E-state index contributed by atoms with van der Waals surface area (Å²) in [5.41, 5.74) is 2.40. The van der Waals surface area contributed by atoms with Gasteiger partial charge in [-0.3, -0.25) is 9.78 Å². The number of fused-ring (bicyclic) bond motifs is 1. The number of hydrogen-bond donors (Lipinski definition) is 1. The Bertz CT molecular complexity index is 1020. The zero-order valence-electron chi connectivity index (χ0n) is 13.3. The number of carbonyl (C=O) groups excluding carboxylic acids is 1. The molecule has 25 heavy (non-hydrogen) atoms. The van der Waals surface area contributed by atoms with Gasteiger partial charge in [0.1, 0.15) is 5.01 Å². The molecule has 1 N–H and O–H groups in total. The first kappa shape index (κ1) is 15.5. The van der Waals surface area contributed by atoms with Crippen molar-refractivity contribution in [2.75, 3.05) is 5.32 Å². The van der Waals surface area contributed by atoms with E-state index in [1.54, 1.807) is 6.20 Å². The standard InChI is InChI=1S/C20H15N3OS/c24-19(23-17-10-5-7-14-6-1-2-8-16(14)17)12-15-13-25-20(22-15)18-9-3-4-11-21-18/h1-11,13H,12H2,(H,23,24). The Balaban J connectivity index is 1.50. The first-order valence-corrected chi connectivity index (χ1v) is 8.81. The van der Waals surface area contributed by atoms with E-state index in [-0.39, 0.29) is 12.3 Å². The number of carbonyl (C=O) groups is 1. The maximum absolute atomic E-state index is 12.4. The third-order valence-corrected chi connectivity index (χ3v) is 4.75. The van der Waals surface area contributed by atoms with E-state index in [9.17, 15) is 4.79 Å². The normalized spacial score (nSPS) is 10.7. The molecule has 1 amide bonds. The van der Waals surface area contributed by atoms with Gasteiger partial charge < -0.3 is 5.32 Å². The van der Waals surface area contributed by atoms with Gasteiger partial charge in [-0.25, -0.2) is 4.98 Å². The average molecular weight is 345 g/mol. The summed E-state index contributed by atoms with van der Waals surface area (Å²) in [6, 6.07) is 19.6. The van der Waals surface area contributed by atoms with E-state index < -0.39 is 0 Å². The SMILES string of the molecule is O=C(Cc1csc(-c2ccccn2)n1)Nc1cccc2ccccc12. The fraction of sp³-hybridized carbons (Fsp3) is 0.0500. The highest BCUT2D eigenvalue weighted by Gasteiger charge is 2.11. The van der Waals surface area contributed by atoms with Crippen LogP contribution >= 0.6 is 11.3 Å². The Hall–Kier alpha value is -3.05. The minimum Gasteiger partial charge on any atom is -0.325 e. The molecule has 0 fully saturated rings. The van der Waals surface area contributed by atoms with Gasteiger partial charge in [-0.1, -0.05) is 42.5 Å². The molecule has 0 spiro atoms. The number of aromatic nitrogens is 2. The van der Waals surface area contributed by atoms with E-state index in [1.807, 2.05) is 66.0 Å². The summed E-state index contributed by atoms with van der Waals surface area (Å²) < 4.78 is 0. The average Bonchev–Trinajstić information content (AvgIpc) is 3.11. The van der Waals surface area contributed by atoms with Gasteiger partial charge >= 0.3 is 0 Å². The van der Waals surface area contributed by atoms with Gasteiger partial charge in [-0.2, -0.15) is 0 Å². The fourth-order valence-corrected chi connectivity index (χ4v) is 3.48. The molecule has 0 unspecified atom stereocenters. The molecule has 122 valence electrons. The lowest BCUT2D eigenvalue weighted by Gasteiger charge is -2.08. The Labute approximate surface area is 149 Å². The zero-order chi connectivity index (χ0) is 17.1. The van der Waals surface area contributed by atoms with Crippen molar-refractivity contribution in [1.29, 1.82) is 0 Å². The lowest BCUT2D eigenvalue weighted by molar-refractivity contribution is -0.115. The zero-order valence-corrected chi connectivity index (χ0v) is 14.2. The van der Waals surface area contributed by atoms with Crippen molar-refractivity contribution >= 4 is 33.7 Å². The molecule has 0 radical (unpaired) electrons. The van der Waals surface area contributed by atoms with Gasteiger partial charge in [0.25, 0.3) is 0 Å². The first-order chi connectivity index (χ1) is 12.3. The Morgan fingerprint density at radius 2 is 1.84 bits per heavy atom. The molecule has 0 aliphatic rings. The van der Waals surface area contributed by atoms with E-state index in [4.69, 9.17) is 0 Å². The van der Waals surface area contributed by atoms with Crippen LogP contribution in [0.3, 0.4) is 0 Å². The predicted molar refractivity (Wildman–Crippen MR) is 102 cm³/mol. The van der Waals surface area contributed by atoms with E-state index in [0.717, 1.165) is 32.9 Å². The molecule has 4 rings (SSSR count). The summed E-state index contributed by atoms with van der Waals surface area (Å²) in [4.78, 5) is 21.2. The molecule has 2 aromatic heterocycles. The Kier molecular flexibility index (Phi) is 4.23. The smallest absolute Gasteiger partial charge is 0.230 e. The van der Waals surface area contributed by atoms with Gasteiger partial charge in [0, 0.05) is 22.7 Å². The molecule has 4 aromatic rings. The Morgan fingerprint density at radius 3 is 2.72 bits per heavy atom. The second kappa shape index (κ2) is 6.83. The van der Waals surface area contributed by atoms with Crippen molar-refractivity contribution in [2.45, 2.75) is 6.42 Å². The van der Waals surface area contributed by atoms with Crippen molar-refractivity contribution in [3.05, 3.63) is 77.9 Å². The van der Waals surface area contributed by atoms with Crippen LogP contribution in [0.4, 0.5) is 5.69 Å². The number of thiazole rings is 1. The van der Waals surface area contributed by atoms with Gasteiger partial charge in [0.2, 0.25) is 5.91 Å². The van der Waals surface area contributed by atoms with E-state index >= 15 is 0 Å². The van der Waals surface area contributed by atoms with Crippen LogP contribution in [0.2, 0.25) is 0 Å². The number of pyridine rings is 1. The molecule has 2 heterocycles. The molecular weight excluding hydrogens is 330 g/mol. The largest absolute Gasteiger partial charge is 0.325 e. The Morgan fingerprint density at radius 1 is 1.00 bits per heavy atom. The second-order valence-corrected chi connectivity index (χ2v) is 6.47. The minimum absolute atomic E-state index is 0.0748. The van der Waals surface area contributed by atoms with Crippen molar-refractivity contribution in [1.82, 2.24) is 9.97 Å². The van der Waals surface area contributed by atoms with Gasteiger partial charge in [-0.15, -0.1) is 11.3 Å². The second-order valence-electron chi connectivity index (χ2n) is 5.61. The maximum atomic E-state index is 12.4. The van der Waals surface area contributed by atoms with Crippen molar-refractivity contribution < 1.29 is 4.79 Å². The highest BCUT2D eigenvalue weighted by atomic mass is 32.1.